The molecular formula is C40H47FN8O3. The fourth-order valence-electron chi connectivity index (χ4n) is 9.18. The lowest BCUT2D eigenvalue weighted by atomic mass is 9.73. The van der Waals surface area contributed by atoms with Gasteiger partial charge >= 0.3 is 0 Å². The summed E-state index contributed by atoms with van der Waals surface area (Å²) in [5.41, 5.74) is 5.15. The summed E-state index contributed by atoms with van der Waals surface area (Å²) >= 11 is 0. The van der Waals surface area contributed by atoms with Gasteiger partial charge in [0.15, 0.2) is 5.82 Å². The van der Waals surface area contributed by atoms with Crippen LogP contribution in [0.15, 0.2) is 48.8 Å². The first-order valence-corrected chi connectivity index (χ1v) is 19.0. The zero-order valence-electron chi connectivity index (χ0n) is 29.9. The van der Waals surface area contributed by atoms with Crippen molar-refractivity contribution in [2.24, 2.45) is 0 Å². The van der Waals surface area contributed by atoms with Gasteiger partial charge in [0, 0.05) is 49.4 Å². The van der Waals surface area contributed by atoms with Crippen LogP contribution >= 0.6 is 0 Å². The number of hydrogen-bond donors (Lipinski definition) is 3. The van der Waals surface area contributed by atoms with Gasteiger partial charge in [0.1, 0.15) is 17.6 Å². The number of aliphatic hydroxyl groups is 1. The Labute approximate surface area is 303 Å². The first kappa shape index (κ1) is 33.4. The van der Waals surface area contributed by atoms with Crippen LogP contribution in [0.3, 0.4) is 0 Å². The van der Waals surface area contributed by atoms with Crippen molar-refractivity contribution < 1.29 is 19.1 Å². The average molecular weight is 707 g/mol. The highest BCUT2D eigenvalue weighted by Gasteiger charge is 2.55. The smallest absolute Gasteiger partial charge is 0.238 e. The minimum atomic E-state index is -0.946. The number of aromatic nitrogens is 3. The molecule has 0 radical (unpaired) electrons. The molecule has 1 spiro atoms. The standard InChI is InChI=1S/C40H47FN8O3/c1-24(50)46-16-12-40(13-17-46)30-10-6-25(19-35(30)49(39(40)52)29-20-28(21-29)47-14-4-3-5-15-47)32-22-34-36(48(23-43-34)27-8-9-27)37(44-32)45-33-18-26(38(51)42-2)7-11-31(33)41/h6-7,10-11,18-19,22-23,27-29,38,42,51H,3-5,8-9,12-17,20-21H2,1-2H3,(H,44,45)/t28-,29+,38?. The van der Waals surface area contributed by atoms with Crippen LogP contribution < -0.4 is 15.5 Å². The van der Waals surface area contributed by atoms with Crippen LogP contribution in [0, 0.1) is 5.82 Å². The zero-order valence-corrected chi connectivity index (χ0v) is 29.9. The number of imidazole rings is 1. The van der Waals surface area contributed by atoms with Crippen LogP contribution in [-0.4, -0.2) is 86.6 Å². The van der Waals surface area contributed by atoms with E-state index in [-0.39, 0.29) is 23.5 Å². The predicted octanol–water partition coefficient (Wildman–Crippen LogP) is 5.77. The van der Waals surface area contributed by atoms with E-state index in [4.69, 9.17) is 9.97 Å². The van der Waals surface area contributed by atoms with E-state index in [1.54, 1.807) is 26.1 Å². The van der Waals surface area contributed by atoms with Crippen LogP contribution in [0.2, 0.25) is 0 Å². The summed E-state index contributed by atoms with van der Waals surface area (Å²) in [4.78, 5) is 43.5. The molecule has 4 aromatic rings. The second-order valence-electron chi connectivity index (χ2n) is 15.5. The molecular weight excluding hydrogens is 659 g/mol. The summed E-state index contributed by atoms with van der Waals surface area (Å²) in [5.74, 6) is 0.242. The van der Waals surface area contributed by atoms with E-state index in [1.165, 1.54) is 25.3 Å². The third-order valence-corrected chi connectivity index (χ3v) is 12.4. The molecule has 4 fully saturated rings. The molecule has 1 atom stereocenters. The van der Waals surface area contributed by atoms with E-state index in [2.05, 4.69) is 37.1 Å². The maximum Gasteiger partial charge on any atom is 0.238 e. The molecule has 3 N–H and O–H groups in total. The summed E-state index contributed by atoms with van der Waals surface area (Å²) in [6.45, 7) is 5.02. The molecule has 272 valence electrons. The number of carbonyl (C=O) groups excluding carboxylic acids is 2. The number of amides is 2. The summed E-state index contributed by atoms with van der Waals surface area (Å²) in [6.07, 6.45) is 9.93. The molecule has 5 aliphatic rings. The van der Waals surface area contributed by atoms with Gasteiger partial charge in [0.2, 0.25) is 11.8 Å². The number of halogens is 1. The Balaban J connectivity index is 1.11. The second-order valence-corrected chi connectivity index (χ2v) is 15.5. The molecule has 2 aromatic heterocycles. The Hall–Kier alpha value is -4.39. The zero-order chi connectivity index (χ0) is 35.7. The Morgan fingerprint density at radius 3 is 2.46 bits per heavy atom. The number of fused-ring (bicyclic) bond motifs is 3. The molecule has 1 unspecified atom stereocenters. The Kier molecular flexibility index (Phi) is 8.31. The van der Waals surface area contributed by atoms with Crippen molar-refractivity contribution in [1.29, 1.82) is 0 Å². The van der Waals surface area contributed by atoms with Gasteiger partial charge < -0.3 is 29.7 Å². The molecule has 2 aliphatic carbocycles. The molecule has 3 aliphatic heterocycles. The molecule has 2 amide bonds. The summed E-state index contributed by atoms with van der Waals surface area (Å²) < 4.78 is 17.4. The number of pyridine rings is 1. The number of benzene rings is 2. The quantitative estimate of drug-likeness (QED) is 0.198. The van der Waals surface area contributed by atoms with E-state index in [1.807, 2.05) is 23.4 Å². The highest BCUT2D eigenvalue weighted by molar-refractivity contribution is 6.09. The maximum atomic E-state index is 15.3. The largest absolute Gasteiger partial charge is 0.374 e. The Bertz CT molecular complexity index is 2040. The minimum Gasteiger partial charge on any atom is -0.374 e. The molecule has 9 rings (SSSR count). The SMILES string of the molecule is CNC(O)c1ccc(F)c(Nc2nc(-c3ccc4c(c3)N([C@H]3C[C@@H](N5CCCCC5)C3)C(=O)C43CCN(C(C)=O)CC3)cc3ncn(C4CC4)c23)c1. The van der Waals surface area contributed by atoms with Gasteiger partial charge in [-0.1, -0.05) is 24.6 Å². The number of nitrogens with zero attached hydrogens (tertiary/aromatic N) is 6. The predicted molar refractivity (Wildman–Crippen MR) is 198 cm³/mol. The summed E-state index contributed by atoms with van der Waals surface area (Å²) in [7, 11) is 1.64. The minimum absolute atomic E-state index is 0.0518. The topological polar surface area (TPSA) is 119 Å². The number of likely N-dealkylation sites (tertiary alicyclic amines) is 2. The highest BCUT2D eigenvalue weighted by atomic mass is 19.1. The van der Waals surface area contributed by atoms with E-state index in [9.17, 15) is 14.7 Å². The van der Waals surface area contributed by atoms with E-state index >= 15 is 4.39 Å². The molecule has 2 saturated carbocycles. The maximum absolute atomic E-state index is 15.3. The van der Waals surface area contributed by atoms with Gasteiger partial charge in [-0.3, -0.25) is 14.9 Å². The number of aliphatic hydroxyl groups excluding tert-OH is 1. The number of carbonyl (C=O) groups is 2. The summed E-state index contributed by atoms with van der Waals surface area (Å²) in [5, 5.41) is 16.5. The lowest BCUT2D eigenvalue weighted by molar-refractivity contribution is -0.134. The lowest BCUT2D eigenvalue weighted by Crippen LogP contribution is -2.58. The normalized spacial score (nSPS) is 23.6. The van der Waals surface area contributed by atoms with Crippen molar-refractivity contribution in [3.63, 3.8) is 0 Å². The molecule has 5 heterocycles. The summed E-state index contributed by atoms with van der Waals surface area (Å²) in [6, 6.07) is 13.7. The van der Waals surface area contributed by atoms with Gasteiger partial charge in [-0.05, 0) is 107 Å². The van der Waals surface area contributed by atoms with E-state index in [0.717, 1.165) is 66.6 Å². The lowest BCUT2D eigenvalue weighted by Gasteiger charge is -2.48. The van der Waals surface area contributed by atoms with Gasteiger partial charge in [0.05, 0.1) is 28.6 Å². The first-order valence-electron chi connectivity index (χ1n) is 19.0. The Morgan fingerprint density at radius 2 is 1.75 bits per heavy atom. The number of nitrogens with one attached hydrogen (secondary N) is 2. The third-order valence-electron chi connectivity index (χ3n) is 12.4. The number of piperidine rings is 2. The highest BCUT2D eigenvalue weighted by Crippen LogP contribution is 2.52. The molecule has 52 heavy (non-hydrogen) atoms. The van der Waals surface area contributed by atoms with Crippen molar-refractivity contribution >= 4 is 40.0 Å². The fourth-order valence-corrected chi connectivity index (χ4v) is 9.18. The molecule has 2 saturated heterocycles. The molecule has 12 heteroatoms. The van der Waals surface area contributed by atoms with Crippen molar-refractivity contribution in [3.8, 4) is 11.3 Å². The monoisotopic (exact) mass is 706 g/mol. The first-order chi connectivity index (χ1) is 25.2. The molecule has 0 bridgehead atoms. The van der Waals surface area contributed by atoms with Crippen LogP contribution in [0.1, 0.15) is 88.1 Å². The average Bonchev–Trinajstić information content (AvgIpc) is 3.86. The fraction of sp³-hybridized carbons (Fsp3) is 0.500. The van der Waals surface area contributed by atoms with Crippen LogP contribution in [-0.2, 0) is 15.0 Å². The van der Waals surface area contributed by atoms with Gasteiger partial charge in [-0.2, -0.15) is 0 Å². The van der Waals surface area contributed by atoms with Crippen LogP contribution in [0.5, 0.6) is 0 Å². The number of hydrogen-bond acceptors (Lipinski definition) is 8. The van der Waals surface area contributed by atoms with Gasteiger partial charge in [-0.25, -0.2) is 14.4 Å². The van der Waals surface area contributed by atoms with Crippen molar-refractivity contribution in [1.82, 2.24) is 29.7 Å². The van der Waals surface area contributed by atoms with E-state index < -0.39 is 17.5 Å². The van der Waals surface area contributed by atoms with Gasteiger partial charge in [-0.15, -0.1) is 0 Å². The Morgan fingerprint density at radius 1 is 0.981 bits per heavy atom. The van der Waals surface area contributed by atoms with Crippen molar-refractivity contribution in [3.05, 3.63) is 65.7 Å². The van der Waals surface area contributed by atoms with Gasteiger partial charge in [0.25, 0.3) is 0 Å². The van der Waals surface area contributed by atoms with Crippen molar-refractivity contribution in [2.75, 3.05) is 43.4 Å². The number of anilines is 3. The molecule has 2 aromatic carbocycles. The molecule has 11 nitrogen and oxygen atoms in total. The van der Waals surface area contributed by atoms with Crippen LogP contribution in [0.25, 0.3) is 22.3 Å². The second kappa shape index (κ2) is 12.9. The number of rotatable bonds is 8. The third kappa shape index (κ3) is 5.57. The van der Waals surface area contributed by atoms with Crippen LogP contribution in [0.4, 0.5) is 21.6 Å². The van der Waals surface area contributed by atoms with E-state index in [0.29, 0.717) is 55.1 Å². The van der Waals surface area contributed by atoms with Crippen molar-refractivity contribution in [2.45, 2.75) is 94.5 Å².